The third-order valence-corrected chi connectivity index (χ3v) is 7.29. The van der Waals surface area contributed by atoms with Gasteiger partial charge in [0.15, 0.2) is 0 Å². The van der Waals surface area contributed by atoms with Gasteiger partial charge in [-0.2, -0.15) is 0 Å². The van der Waals surface area contributed by atoms with Gasteiger partial charge in [-0.15, -0.1) is 0 Å². The summed E-state index contributed by atoms with van der Waals surface area (Å²) in [5, 5.41) is 2.60. The van der Waals surface area contributed by atoms with Crippen molar-refractivity contribution in [2.75, 3.05) is 0 Å². The number of aromatic amines is 1. The molecule has 1 aliphatic carbocycles. The van der Waals surface area contributed by atoms with E-state index in [9.17, 15) is 0 Å². The lowest BCUT2D eigenvalue weighted by Gasteiger charge is -2.37. The minimum atomic E-state index is -0.237. The van der Waals surface area contributed by atoms with Gasteiger partial charge in [-0.25, -0.2) is 0 Å². The minimum Gasteiger partial charge on any atom is -0.355 e. The van der Waals surface area contributed by atoms with Crippen molar-refractivity contribution in [3.8, 4) is 22.4 Å². The highest BCUT2D eigenvalue weighted by molar-refractivity contribution is 5.86. The smallest absolute Gasteiger partial charge is 0.0513 e. The third-order valence-electron chi connectivity index (χ3n) is 7.29. The van der Waals surface area contributed by atoms with Gasteiger partial charge in [0.05, 0.1) is 11.1 Å². The molecular formula is C33H35N. The van der Waals surface area contributed by atoms with E-state index in [1.54, 1.807) is 0 Å². The first-order valence-electron chi connectivity index (χ1n) is 12.7. The SMILES string of the molecule is CC/C=c1/c(C2(C(C)C)c3ccccc3-c3ccccc32)c(-c2ccccc2)[nH]/c1=C\C(C)C. The fraction of sp³-hybridized carbons (Fsp3) is 0.273. The number of fused-ring (bicyclic) bond motifs is 3. The molecule has 0 atom stereocenters. The van der Waals surface area contributed by atoms with E-state index in [4.69, 9.17) is 0 Å². The maximum Gasteiger partial charge on any atom is 0.0513 e. The lowest BCUT2D eigenvalue weighted by atomic mass is 9.64. The second-order valence-corrected chi connectivity index (χ2v) is 10.1. The largest absolute Gasteiger partial charge is 0.355 e. The Balaban J connectivity index is 2.03. The molecule has 1 N–H and O–H groups in total. The Hall–Kier alpha value is -3.32. The zero-order valence-corrected chi connectivity index (χ0v) is 21.0. The van der Waals surface area contributed by atoms with E-state index >= 15 is 0 Å². The van der Waals surface area contributed by atoms with Crippen molar-refractivity contribution < 1.29 is 0 Å². The second kappa shape index (κ2) is 8.80. The molecule has 4 aromatic rings. The molecule has 3 aromatic carbocycles. The Morgan fingerprint density at radius 3 is 1.85 bits per heavy atom. The summed E-state index contributed by atoms with van der Waals surface area (Å²) in [7, 11) is 0. The molecule has 1 heteroatoms. The molecule has 0 fully saturated rings. The molecule has 0 radical (unpaired) electrons. The molecule has 0 spiro atoms. The topological polar surface area (TPSA) is 15.8 Å². The fourth-order valence-electron chi connectivity index (χ4n) is 6.09. The lowest BCUT2D eigenvalue weighted by molar-refractivity contribution is 0.446. The molecule has 1 heterocycles. The lowest BCUT2D eigenvalue weighted by Crippen LogP contribution is -2.40. The average molecular weight is 446 g/mol. The van der Waals surface area contributed by atoms with E-state index in [2.05, 4.69) is 131 Å². The monoisotopic (exact) mass is 445 g/mol. The number of nitrogens with one attached hydrogen (secondary N) is 1. The van der Waals surface area contributed by atoms with Crippen LogP contribution in [0.2, 0.25) is 0 Å². The summed E-state index contributed by atoms with van der Waals surface area (Å²) in [5.41, 5.74) is 9.24. The van der Waals surface area contributed by atoms with Crippen LogP contribution in [0.3, 0.4) is 0 Å². The number of aromatic nitrogens is 1. The standard InChI is InChI=1S/C33H35N/c1-6-14-27-30(21-22(2)3)34-32(24-15-8-7-9-16-24)31(27)33(23(4)5)28-19-12-10-17-25(28)26-18-11-13-20-29(26)33/h7-23,34H,6H2,1-5H3/b27-14+,30-21-. The maximum absolute atomic E-state index is 3.91. The molecule has 34 heavy (non-hydrogen) atoms. The van der Waals surface area contributed by atoms with Crippen LogP contribution in [-0.4, -0.2) is 4.98 Å². The van der Waals surface area contributed by atoms with Crippen LogP contribution in [0.4, 0.5) is 0 Å². The van der Waals surface area contributed by atoms with Crippen molar-refractivity contribution in [3.63, 3.8) is 0 Å². The fourth-order valence-corrected chi connectivity index (χ4v) is 6.09. The van der Waals surface area contributed by atoms with Gasteiger partial charge < -0.3 is 4.98 Å². The van der Waals surface area contributed by atoms with Crippen LogP contribution in [0, 0.1) is 11.8 Å². The zero-order chi connectivity index (χ0) is 23.9. The normalized spacial score (nSPS) is 15.3. The summed E-state index contributed by atoms with van der Waals surface area (Å²) < 4.78 is 0. The van der Waals surface area contributed by atoms with Gasteiger partial charge in [-0.3, -0.25) is 0 Å². The molecule has 172 valence electrons. The van der Waals surface area contributed by atoms with Gasteiger partial charge in [-0.1, -0.05) is 126 Å². The molecule has 1 aromatic heterocycles. The van der Waals surface area contributed by atoms with E-state index < -0.39 is 0 Å². The molecule has 5 rings (SSSR count). The number of hydrogen-bond acceptors (Lipinski definition) is 0. The first-order valence-corrected chi connectivity index (χ1v) is 12.7. The predicted molar refractivity (Wildman–Crippen MR) is 146 cm³/mol. The summed E-state index contributed by atoms with van der Waals surface area (Å²) in [4.78, 5) is 3.91. The van der Waals surface area contributed by atoms with Crippen LogP contribution in [0.25, 0.3) is 34.5 Å². The van der Waals surface area contributed by atoms with Gasteiger partial charge in [0.1, 0.15) is 0 Å². The Morgan fingerprint density at radius 1 is 0.765 bits per heavy atom. The molecule has 1 aliphatic rings. The van der Waals surface area contributed by atoms with Crippen LogP contribution in [0.5, 0.6) is 0 Å². The van der Waals surface area contributed by atoms with E-state index in [1.807, 2.05) is 0 Å². The van der Waals surface area contributed by atoms with Crippen molar-refractivity contribution in [2.45, 2.75) is 46.5 Å². The van der Waals surface area contributed by atoms with E-state index in [0.29, 0.717) is 11.8 Å². The maximum atomic E-state index is 3.91. The van der Waals surface area contributed by atoms with Crippen molar-refractivity contribution >= 4 is 12.2 Å². The third kappa shape index (κ3) is 3.29. The van der Waals surface area contributed by atoms with Gasteiger partial charge in [0.25, 0.3) is 0 Å². The van der Waals surface area contributed by atoms with Crippen LogP contribution in [0.15, 0.2) is 78.9 Å². The molecule has 0 aliphatic heterocycles. The van der Waals surface area contributed by atoms with Crippen molar-refractivity contribution in [2.24, 2.45) is 11.8 Å². The first kappa shape index (κ1) is 22.5. The second-order valence-electron chi connectivity index (χ2n) is 10.1. The summed E-state index contributed by atoms with van der Waals surface area (Å²) >= 11 is 0. The van der Waals surface area contributed by atoms with E-state index in [0.717, 1.165) is 6.42 Å². The van der Waals surface area contributed by atoms with Crippen molar-refractivity contribution in [1.29, 1.82) is 0 Å². The Morgan fingerprint density at radius 2 is 1.32 bits per heavy atom. The molecular weight excluding hydrogens is 410 g/mol. The molecule has 0 saturated carbocycles. The highest BCUT2D eigenvalue weighted by Crippen LogP contribution is 2.56. The highest BCUT2D eigenvalue weighted by Gasteiger charge is 2.49. The Labute approximate surface area is 203 Å². The van der Waals surface area contributed by atoms with Crippen LogP contribution >= 0.6 is 0 Å². The summed E-state index contributed by atoms with van der Waals surface area (Å²) in [6, 6.07) is 29.0. The van der Waals surface area contributed by atoms with Crippen molar-refractivity contribution in [3.05, 3.63) is 106 Å². The van der Waals surface area contributed by atoms with Gasteiger partial charge in [0.2, 0.25) is 0 Å². The number of benzene rings is 3. The van der Waals surface area contributed by atoms with Crippen molar-refractivity contribution in [1.82, 2.24) is 4.98 Å². The van der Waals surface area contributed by atoms with Crippen LogP contribution in [-0.2, 0) is 5.41 Å². The minimum absolute atomic E-state index is 0.237. The van der Waals surface area contributed by atoms with Gasteiger partial charge >= 0.3 is 0 Å². The van der Waals surface area contributed by atoms with Gasteiger partial charge in [-0.05, 0) is 46.1 Å². The summed E-state index contributed by atoms with van der Waals surface area (Å²) in [5.74, 6) is 0.823. The molecule has 0 amide bonds. The first-order chi connectivity index (χ1) is 16.5. The van der Waals surface area contributed by atoms with Gasteiger partial charge in [0, 0.05) is 16.1 Å². The van der Waals surface area contributed by atoms with Crippen LogP contribution < -0.4 is 10.6 Å². The molecule has 0 bridgehead atoms. The average Bonchev–Trinajstić information content (AvgIpc) is 3.33. The molecule has 0 saturated heterocycles. The number of rotatable bonds is 5. The number of H-pyrrole nitrogens is 1. The summed E-state index contributed by atoms with van der Waals surface area (Å²) in [6.45, 7) is 11.6. The predicted octanol–water partition coefficient (Wildman–Crippen LogP) is 7.28. The summed E-state index contributed by atoms with van der Waals surface area (Å²) in [6.07, 6.45) is 5.81. The Bertz CT molecular complexity index is 1390. The van der Waals surface area contributed by atoms with E-state index in [1.165, 1.54) is 49.6 Å². The Kier molecular flexibility index (Phi) is 5.81. The van der Waals surface area contributed by atoms with Crippen LogP contribution in [0.1, 0.15) is 57.7 Å². The quantitative estimate of drug-likeness (QED) is 0.332. The number of hydrogen-bond donors (Lipinski definition) is 1. The molecule has 1 nitrogen and oxygen atoms in total. The zero-order valence-electron chi connectivity index (χ0n) is 21.0. The molecule has 0 unspecified atom stereocenters. The highest BCUT2D eigenvalue weighted by atomic mass is 14.7. The van der Waals surface area contributed by atoms with E-state index in [-0.39, 0.29) is 5.41 Å².